The lowest BCUT2D eigenvalue weighted by Crippen LogP contribution is -2.62. The third kappa shape index (κ3) is 6.49. The molecule has 30 heteroatoms. The summed E-state index contributed by atoms with van der Waals surface area (Å²) in [6.45, 7) is -1.46. The first-order valence-corrected chi connectivity index (χ1v) is 21.7. The van der Waals surface area contributed by atoms with Crippen molar-refractivity contribution < 1.29 is 139 Å². The van der Waals surface area contributed by atoms with Crippen molar-refractivity contribution in [2.45, 2.75) is 30.7 Å². The van der Waals surface area contributed by atoms with Crippen LogP contribution in [0, 0.1) is 0 Å². The van der Waals surface area contributed by atoms with Crippen molar-refractivity contribution in [3.8, 4) is 125 Å². The van der Waals surface area contributed by atoms with Gasteiger partial charge >= 0.3 is 35.1 Å². The maximum absolute atomic E-state index is 15.0. The van der Waals surface area contributed by atoms with E-state index >= 15 is 0 Å². The molecule has 17 N–H and O–H groups in total. The van der Waals surface area contributed by atoms with Crippen LogP contribution < -0.4 is 11.3 Å². The molecule has 6 aromatic carbocycles. The lowest BCUT2D eigenvalue weighted by Gasteiger charge is -2.43. The normalized spacial score (nSPS) is 19.3. The second kappa shape index (κ2) is 16.4. The van der Waals surface area contributed by atoms with E-state index in [1.165, 1.54) is 0 Å². The predicted molar refractivity (Wildman–Crippen MR) is 245 cm³/mol. The molecule has 2 unspecified atom stereocenters. The van der Waals surface area contributed by atoms with Crippen molar-refractivity contribution in [2.24, 2.45) is 0 Å². The third-order valence-electron chi connectivity index (χ3n) is 13.2. The number of aliphatic hydroxyl groups excluding tert-OH is 1. The number of carbonyl (C=O) groups excluding carboxylic acids is 4. The quantitative estimate of drug-likeness (QED) is 0.0339. The number of phenolic OH excluding ortho intramolecular Hbond substituents is 16. The summed E-state index contributed by atoms with van der Waals surface area (Å²) in [6, 6.07) is 1.42. The zero-order valence-electron chi connectivity index (χ0n) is 37.8. The minimum atomic E-state index is -2.70. The van der Waals surface area contributed by atoms with Crippen molar-refractivity contribution in [1.82, 2.24) is 0 Å². The SMILES string of the molecule is O=C1OC2[C@H](O)OC3COC(=O)c4cc(O)c(O)c(O)c4-c4c(O)c(O)c5oc(=O)c6c(c(O)c(O)c7oc(=O)c4c5c76)-c4c(cc(O)c(O)c4O)C(=O)O[C@H]3[C@@H]2OC(=O)c2cc(O)c(O)c(O)c2-c2c1cc(O)c(O)c2O. The van der Waals surface area contributed by atoms with Gasteiger partial charge in [0.05, 0.1) is 33.0 Å². The molecule has 5 heterocycles. The molecule has 0 amide bonds. The van der Waals surface area contributed by atoms with Gasteiger partial charge in [0.1, 0.15) is 12.7 Å². The minimum absolute atomic E-state index is 0.293. The Morgan fingerprint density at radius 3 is 1.03 bits per heavy atom. The first-order chi connectivity index (χ1) is 36.8. The Morgan fingerprint density at radius 1 is 0.346 bits per heavy atom. The van der Waals surface area contributed by atoms with E-state index in [1.54, 1.807) is 0 Å². The molecule has 78 heavy (non-hydrogen) atoms. The Labute approximate surface area is 424 Å². The summed E-state index contributed by atoms with van der Waals surface area (Å²) >= 11 is 0. The molecule has 1 fully saturated rings. The van der Waals surface area contributed by atoms with Gasteiger partial charge in [-0.2, -0.15) is 0 Å². The van der Waals surface area contributed by atoms with Gasteiger partial charge in [0, 0.05) is 44.2 Å². The molecule has 0 radical (unpaired) electrons. The number of carbonyl (C=O) groups is 4. The Hall–Kier alpha value is -11.1. The fraction of sp³-hybridized carbons (Fsp3) is 0.125. The fourth-order valence-electron chi connectivity index (χ4n) is 9.72. The average molecular weight is 1080 g/mol. The summed E-state index contributed by atoms with van der Waals surface area (Å²) in [7, 11) is 0. The second-order valence-electron chi connectivity index (χ2n) is 17.4. The number of rotatable bonds is 0. The lowest BCUT2D eigenvalue weighted by molar-refractivity contribution is -0.284. The first-order valence-electron chi connectivity index (χ1n) is 21.7. The third-order valence-corrected chi connectivity index (χ3v) is 13.2. The smallest absolute Gasteiger partial charge is 0.345 e. The van der Waals surface area contributed by atoms with Gasteiger partial charge in [0.15, 0.2) is 93.3 Å². The maximum atomic E-state index is 15.0. The Kier molecular flexibility index (Phi) is 10.3. The number of benzene rings is 6. The summed E-state index contributed by atoms with van der Waals surface area (Å²) in [5.41, 5.74) is -17.8. The molecule has 3 aliphatic heterocycles. The molecule has 1 saturated heterocycles. The number of hydrogen-bond acceptors (Lipinski definition) is 30. The van der Waals surface area contributed by atoms with E-state index in [0.29, 0.717) is 24.3 Å². The molecule has 5 atom stereocenters. The van der Waals surface area contributed by atoms with Crippen LogP contribution in [-0.4, -0.2) is 148 Å². The van der Waals surface area contributed by atoms with Crippen molar-refractivity contribution in [2.75, 3.05) is 6.61 Å². The highest BCUT2D eigenvalue weighted by Crippen LogP contribution is 2.59. The minimum Gasteiger partial charge on any atom is -0.504 e. The molecular weight excluding hydrogens is 1060 g/mol. The molecular formula is C48H28O30. The second-order valence-corrected chi connectivity index (χ2v) is 17.4. The molecule has 3 aliphatic rings. The van der Waals surface area contributed by atoms with Gasteiger partial charge in [0.25, 0.3) is 0 Å². The molecule has 0 aliphatic carbocycles. The molecule has 6 bridgehead atoms. The van der Waals surface area contributed by atoms with E-state index in [-0.39, 0.29) is 0 Å². The van der Waals surface area contributed by atoms with E-state index in [4.69, 9.17) is 32.5 Å². The van der Waals surface area contributed by atoms with Crippen LogP contribution in [0.5, 0.6) is 92.0 Å². The van der Waals surface area contributed by atoms with Crippen molar-refractivity contribution in [3.05, 3.63) is 67.4 Å². The van der Waals surface area contributed by atoms with Gasteiger partial charge in [-0.25, -0.2) is 28.8 Å². The largest absolute Gasteiger partial charge is 0.504 e. The van der Waals surface area contributed by atoms with Crippen LogP contribution in [0.3, 0.4) is 0 Å². The van der Waals surface area contributed by atoms with E-state index < -0.39 is 253 Å². The van der Waals surface area contributed by atoms with Crippen LogP contribution in [0.15, 0.2) is 42.7 Å². The van der Waals surface area contributed by atoms with Crippen LogP contribution in [-0.2, 0) is 23.7 Å². The summed E-state index contributed by atoms with van der Waals surface area (Å²) in [6.07, 6.45) is -12.9. The van der Waals surface area contributed by atoms with Crippen LogP contribution >= 0.6 is 0 Å². The maximum Gasteiger partial charge on any atom is 0.345 e. The zero-order valence-corrected chi connectivity index (χ0v) is 37.8. The molecule has 30 nitrogen and oxygen atoms in total. The number of fused-ring (bicyclic) bond motifs is 10. The topological polar surface area (TPSA) is 519 Å². The van der Waals surface area contributed by atoms with Crippen LogP contribution in [0.25, 0.3) is 66.1 Å². The predicted octanol–water partition coefficient (Wildman–Crippen LogP) is 1.96. The highest BCUT2D eigenvalue weighted by Gasteiger charge is 2.54. The summed E-state index contributed by atoms with van der Waals surface area (Å²) in [4.78, 5) is 86.6. The van der Waals surface area contributed by atoms with Crippen LogP contribution in [0.4, 0.5) is 0 Å². The Bertz CT molecular complexity index is 4240. The number of aliphatic hydroxyl groups is 1. The Morgan fingerprint density at radius 2 is 0.654 bits per heavy atom. The number of aromatic hydroxyl groups is 16. The fourth-order valence-corrected chi connectivity index (χ4v) is 9.72. The number of esters is 4. The highest BCUT2D eigenvalue weighted by molar-refractivity contribution is 6.29. The zero-order chi connectivity index (χ0) is 56.3. The summed E-state index contributed by atoms with van der Waals surface area (Å²) < 4.78 is 38.5. The van der Waals surface area contributed by atoms with E-state index in [2.05, 4.69) is 0 Å². The number of ether oxygens (including phenoxy) is 5. The molecule has 0 spiro atoms. The molecule has 11 rings (SSSR count). The van der Waals surface area contributed by atoms with Crippen LogP contribution in [0.2, 0.25) is 0 Å². The molecule has 400 valence electrons. The standard InChI is InChI=1S/C48H28O30/c49-10-1-6-17(31(59)27(10)55)19-23-21-22-24(47(70)76-38(21)35(63)33(19)61)20(34(62)36(64)39(22)75-46(23)69)18-9(4-13(52)28(56)32(18)60)43(66)74-37-14(5-72-42(6)65)73-48(71)41-40(37)77-44(67)7-2-11(50)25(53)29(57)15(7)16-8(45(68)78-41)3-12(51)26(54)30(16)58/h1-4,14,37,40-41,48-64,71H,5H2/t14?,37-,40+,41?,48-/m1/s1. The first kappa shape index (κ1) is 49.1. The van der Waals surface area contributed by atoms with Crippen molar-refractivity contribution >= 4 is 56.6 Å². The van der Waals surface area contributed by atoms with Gasteiger partial charge in [0.2, 0.25) is 34.5 Å². The van der Waals surface area contributed by atoms with Gasteiger partial charge in [-0.3, -0.25) is 0 Å². The van der Waals surface area contributed by atoms with Gasteiger partial charge < -0.3 is 119 Å². The highest BCUT2D eigenvalue weighted by atomic mass is 16.7. The van der Waals surface area contributed by atoms with Gasteiger partial charge in [-0.05, 0) is 24.3 Å². The van der Waals surface area contributed by atoms with E-state index in [1.807, 2.05) is 0 Å². The van der Waals surface area contributed by atoms with Crippen LogP contribution in [0.1, 0.15) is 41.4 Å². The molecule has 0 saturated carbocycles. The molecule has 2 aromatic heterocycles. The number of phenols is 16. The lowest BCUT2D eigenvalue weighted by atomic mass is 9.88. The number of hydrogen-bond donors (Lipinski definition) is 17. The van der Waals surface area contributed by atoms with E-state index in [9.17, 15) is 116 Å². The number of cyclic esters (lactones) is 1. The molecule has 8 aromatic rings. The average Bonchev–Trinajstić information content (AvgIpc) is 2.96. The van der Waals surface area contributed by atoms with Crippen molar-refractivity contribution in [3.63, 3.8) is 0 Å². The van der Waals surface area contributed by atoms with Crippen molar-refractivity contribution in [1.29, 1.82) is 0 Å². The monoisotopic (exact) mass is 1080 g/mol. The van der Waals surface area contributed by atoms with Gasteiger partial charge in [-0.1, -0.05) is 0 Å². The summed E-state index contributed by atoms with van der Waals surface area (Å²) in [5.74, 6) is -31.1. The van der Waals surface area contributed by atoms with E-state index in [0.717, 1.165) is 0 Å². The summed E-state index contributed by atoms with van der Waals surface area (Å²) in [5, 5.41) is 185. The van der Waals surface area contributed by atoms with Gasteiger partial charge in [-0.15, -0.1) is 0 Å². The Balaban J connectivity index is 1.22.